The van der Waals surface area contributed by atoms with E-state index in [0.717, 1.165) is 51.4 Å². The summed E-state index contributed by atoms with van der Waals surface area (Å²) < 4.78 is 16.7. The zero-order valence-electron chi connectivity index (χ0n) is 52.6. The highest BCUT2D eigenvalue weighted by atomic mass is 16.7. The second kappa shape index (κ2) is 59.1. The third-order valence-corrected chi connectivity index (χ3v) is 16.9. The van der Waals surface area contributed by atoms with Crippen LogP contribution in [0.5, 0.6) is 0 Å². The van der Waals surface area contributed by atoms with Gasteiger partial charge >= 0.3 is 5.97 Å². The number of aliphatic hydroxyl groups is 5. The van der Waals surface area contributed by atoms with Crippen LogP contribution in [0.1, 0.15) is 354 Å². The Morgan fingerprint density at radius 2 is 0.787 bits per heavy atom. The first kappa shape index (κ1) is 76.4. The van der Waals surface area contributed by atoms with Gasteiger partial charge < -0.3 is 45.1 Å². The van der Waals surface area contributed by atoms with Crippen molar-refractivity contribution < 1.29 is 49.3 Å². The van der Waals surface area contributed by atoms with Gasteiger partial charge in [0.05, 0.1) is 32.0 Å². The molecule has 0 spiro atoms. The minimum absolute atomic E-state index is 0.0131. The second-order valence-electron chi connectivity index (χ2n) is 24.6. The van der Waals surface area contributed by atoms with Crippen LogP contribution in [0.3, 0.4) is 0 Å². The SMILES string of the molecule is CCCCCCCCCC/C=C/C(O)C(COC1OC(CO)C(O)C(O)C1O)NC(=O)CCCCCCCCCCCCCCCCCCCCCCCCCCCCCCCCCOC(=O)CCCCCCCCCCCCC. The van der Waals surface area contributed by atoms with Gasteiger partial charge in [-0.2, -0.15) is 0 Å². The molecule has 1 fully saturated rings. The predicted octanol–water partition coefficient (Wildman–Crippen LogP) is 17.5. The van der Waals surface area contributed by atoms with Crippen LogP contribution in [0.15, 0.2) is 12.2 Å². The Morgan fingerprint density at radius 1 is 0.450 bits per heavy atom. The first-order valence-electron chi connectivity index (χ1n) is 35.0. The fourth-order valence-corrected chi connectivity index (χ4v) is 11.4. The molecule has 0 aromatic carbocycles. The third-order valence-electron chi connectivity index (χ3n) is 16.9. The van der Waals surface area contributed by atoms with Gasteiger partial charge in [0, 0.05) is 12.8 Å². The largest absolute Gasteiger partial charge is 0.466 e. The molecule has 0 aliphatic carbocycles. The van der Waals surface area contributed by atoms with Crippen molar-refractivity contribution in [3.05, 3.63) is 12.2 Å². The van der Waals surface area contributed by atoms with Crippen molar-refractivity contribution in [2.24, 2.45) is 0 Å². The molecule has 6 N–H and O–H groups in total. The molecule has 7 atom stereocenters. The number of carbonyl (C=O) groups is 2. The van der Waals surface area contributed by atoms with Crippen LogP contribution in [-0.2, 0) is 23.8 Å². The van der Waals surface area contributed by atoms with E-state index < -0.39 is 49.5 Å². The lowest BCUT2D eigenvalue weighted by Gasteiger charge is -2.40. The molecule has 0 aromatic rings. The van der Waals surface area contributed by atoms with E-state index in [1.165, 1.54) is 276 Å². The van der Waals surface area contributed by atoms with E-state index in [0.29, 0.717) is 19.4 Å². The molecule has 11 heteroatoms. The molecule has 0 bridgehead atoms. The number of carbonyl (C=O) groups excluding carboxylic acids is 2. The molecule has 0 saturated carbocycles. The number of hydrogen-bond acceptors (Lipinski definition) is 10. The Morgan fingerprint density at radius 3 is 1.16 bits per heavy atom. The van der Waals surface area contributed by atoms with Crippen LogP contribution in [0.25, 0.3) is 0 Å². The Hall–Kier alpha value is -1.60. The summed E-state index contributed by atoms with van der Waals surface area (Å²) in [5.74, 6) is -0.164. The van der Waals surface area contributed by atoms with Gasteiger partial charge in [-0.1, -0.05) is 321 Å². The Balaban J connectivity index is 1.91. The van der Waals surface area contributed by atoms with Crippen molar-refractivity contribution in [1.82, 2.24) is 5.32 Å². The van der Waals surface area contributed by atoms with Gasteiger partial charge in [-0.05, 0) is 32.1 Å². The van der Waals surface area contributed by atoms with Gasteiger partial charge in [-0.3, -0.25) is 9.59 Å². The van der Waals surface area contributed by atoms with Crippen LogP contribution < -0.4 is 5.32 Å². The minimum atomic E-state index is -1.57. The topological polar surface area (TPSA) is 175 Å². The quantitative estimate of drug-likeness (QED) is 0.0195. The van der Waals surface area contributed by atoms with Crippen LogP contribution >= 0.6 is 0 Å². The van der Waals surface area contributed by atoms with Crippen molar-refractivity contribution >= 4 is 11.9 Å². The molecule has 7 unspecified atom stereocenters. The Kier molecular flexibility index (Phi) is 56.5. The number of allylic oxidation sites excluding steroid dienone is 1. The van der Waals surface area contributed by atoms with E-state index in [4.69, 9.17) is 14.2 Å². The maximum atomic E-state index is 13.0. The number of hydrogen-bond donors (Lipinski definition) is 6. The van der Waals surface area contributed by atoms with E-state index in [-0.39, 0.29) is 18.5 Å². The summed E-state index contributed by atoms with van der Waals surface area (Å²) in [7, 11) is 0. The molecule has 1 heterocycles. The summed E-state index contributed by atoms with van der Waals surface area (Å²) in [4.78, 5) is 25.0. The van der Waals surface area contributed by atoms with Crippen molar-refractivity contribution in [3.63, 3.8) is 0 Å². The number of rotatable bonds is 62. The van der Waals surface area contributed by atoms with Gasteiger partial charge in [-0.15, -0.1) is 0 Å². The molecule has 0 aromatic heterocycles. The van der Waals surface area contributed by atoms with Crippen molar-refractivity contribution in [2.75, 3.05) is 19.8 Å². The monoisotopic (exact) mass is 1140 g/mol. The van der Waals surface area contributed by atoms with Crippen LogP contribution in [-0.4, -0.2) is 100 Å². The average molecular weight is 1140 g/mol. The first-order chi connectivity index (χ1) is 39.2. The fraction of sp³-hybridized carbons (Fsp3) is 0.942. The van der Waals surface area contributed by atoms with Crippen molar-refractivity contribution in [2.45, 2.75) is 397 Å². The molecule has 80 heavy (non-hydrogen) atoms. The van der Waals surface area contributed by atoms with E-state index >= 15 is 0 Å². The summed E-state index contributed by atoms with van der Waals surface area (Å²) in [5.41, 5.74) is 0. The van der Waals surface area contributed by atoms with Gasteiger partial charge in [0.15, 0.2) is 6.29 Å². The Bertz CT molecular complexity index is 1330. The standard InChI is InChI=1S/C69H133NO10/c1-3-5-7-9-11-13-36-41-45-49-53-57-65(74)78-58-54-50-46-42-38-35-33-31-29-27-25-23-21-19-17-15-16-18-20-22-24-26-28-30-32-34-37-40-44-48-52-56-64(73)70-61(60-79-69-68(77)67(76)66(75)63(59-71)80-69)62(72)55-51-47-43-39-14-12-10-8-6-4-2/h51,55,61-63,66-69,71-72,75-77H,3-50,52-54,56-60H2,1-2H3,(H,70,73)/b55-51+. The molecular formula is C69H133NO10. The molecule has 0 radical (unpaired) electrons. The lowest BCUT2D eigenvalue weighted by molar-refractivity contribution is -0.302. The third kappa shape index (κ3) is 47.7. The van der Waals surface area contributed by atoms with Gasteiger partial charge in [-0.25, -0.2) is 0 Å². The van der Waals surface area contributed by atoms with Crippen molar-refractivity contribution in [1.29, 1.82) is 0 Å². The van der Waals surface area contributed by atoms with Gasteiger partial charge in [0.2, 0.25) is 5.91 Å². The molecule has 11 nitrogen and oxygen atoms in total. The van der Waals surface area contributed by atoms with Crippen molar-refractivity contribution in [3.8, 4) is 0 Å². The Labute approximate surface area is 493 Å². The smallest absolute Gasteiger partial charge is 0.305 e. The highest BCUT2D eigenvalue weighted by Gasteiger charge is 2.44. The number of esters is 1. The minimum Gasteiger partial charge on any atom is -0.466 e. The number of amides is 1. The highest BCUT2D eigenvalue weighted by molar-refractivity contribution is 5.76. The van der Waals surface area contributed by atoms with E-state index in [1.807, 2.05) is 6.08 Å². The predicted molar refractivity (Wildman–Crippen MR) is 334 cm³/mol. The van der Waals surface area contributed by atoms with E-state index in [1.54, 1.807) is 6.08 Å². The summed E-state index contributed by atoms with van der Waals surface area (Å²) in [6.45, 7) is 4.36. The maximum Gasteiger partial charge on any atom is 0.305 e. The van der Waals surface area contributed by atoms with Gasteiger partial charge in [0.25, 0.3) is 0 Å². The molecular weight excluding hydrogens is 1000 g/mol. The number of unbranched alkanes of at least 4 members (excludes halogenated alkanes) is 48. The number of nitrogens with one attached hydrogen (secondary N) is 1. The maximum absolute atomic E-state index is 13.0. The fourth-order valence-electron chi connectivity index (χ4n) is 11.4. The van der Waals surface area contributed by atoms with E-state index in [9.17, 15) is 35.1 Å². The molecule has 1 saturated heterocycles. The zero-order valence-corrected chi connectivity index (χ0v) is 52.6. The molecule has 1 rings (SSSR count). The summed E-state index contributed by atoms with van der Waals surface area (Å²) >= 11 is 0. The van der Waals surface area contributed by atoms with Gasteiger partial charge in [0.1, 0.15) is 24.4 Å². The molecule has 1 aliphatic rings. The zero-order chi connectivity index (χ0) is 58.0. The number of ether oxygens (including phenoxy) is 3. The summed E-state index contributed by atoms with van der Waals surface area (Å²) in [6.07, 6.45) is 62.2. The highest BCUT2D eigenvalue weighted by Crippen LogP contribution is 2.23. The summed E-state index contributed by atoms with van der Waals surface area (Å²) in [6, 6.07) is -0.804. The first-order valence-corrected chi connectivity index (χ1v) is 35.0. The lowest BCUT2D eigenvalue weighted by atomic mass is 9.99. The number of aliphatic hydroxyl groups excluding tert-OH is 5. The molecule has 1 amide bonds. The van der Waals surface area contributed by atoms with Crippen LogP contribution in [0.2, 0.25) is 0 Å². The average Bonchev–Trinajstić information content (AvgIpc) is 3.47. The molecule has 1 aliphatic heterocycles. The second-order valence-corrected chi connectivity index (χ2v) is 24.6. The summed E-state index contributed by atoms with van der Waals surface area (Å²) in [5, 5.41) is 54.3. The van der Waals surface area contributed by atoms with E-state index in [2.05, 4.69) is 19.2 Å². The van der Waals surface area contributed by atoms with Crippen LogP contribution in [0, 0.1) is 0 Å². The lowest BCUT2D eigenvalue weighted by Crippen LogP contribution is -2.60. The molecule has 474 valence electrons. The van der Waals surface area contributed by atoms with Crippen LogP contribution in [0.4, 0.5) is 0 Å². The normalized spacial score (nSPS) is 18.3.